The van der Waals surface area contributed by atoms with Crippen LogP contribution in [0.3, 0.4) is 0 Å². The fraction of sp³-hybridized carbons (Fsp3) is 0.591. The zero-order chi connectivity index (χ0) is 21.1. The maximum absolute atomic E-state index is 11.5. The molecule has 0 radical (unpaired) electrons. The highest BCUT2D eigenvalue weighted by atomic mass is 35.5. The largest absolute Gasteiger partial charge is 0.354 e. The lowest BCUT2D eigenvalue weighted by Gasteiger charge is -2.32. The van der Waals surface area contributed by atoms with E-state index in [2.05, 4.69) is 34.1 Å². The monoisotopic (exact) mass is 447 g/mol. The van der Waals surface area contributed by atoms with Crippen LogP contribution in [0.5, 0.6) is 0 Å². The third-order valence-electron chi connectivity index (χ3n) is 6.17. The Kier molecular flexibility index (Phi) is 7.13. The number of likely N-dealkylation sites (N-methyl/N-ethyl adjacent to an activating group) is 1. The van der Waals surface area contributed by atoms with Crippen molar-refractivity contribution >= 4 is 34.6 Å². The Morgan fingerprint density at radius 3 is 2.90 bits per heavy atom. The van der Waals surface area contributed by atoms with Gasteiger partial charge in [0.05, 0.1) is 10.9 Å². The summed E-state index contributed by atoms with van der Waals surface area (Å²) in [5, 5.41) is 3.34. The van der Waals surface area contributed by atoms with Gasteiger partial charge in [0.25, 0.3) is 5.24 Å². The zero-order valence-electron chi connectivity index (χ0n) is 17.7. The molecule has 0 bridgehead atoms. The first-order valence-electron chi connectivity index (χ1n) is 10.8. The van der Waals surface area contributed by atoms with Gasteiger partial charge >= 0.3 is 0 Å². The van der Waals surface area contributed by atoms with E-state index < -0.39 is 0 Å². The third-order valence-corrected chi connectivity index (χ3v) is 7.81. The van der Waals surface area contributed by atoms with Crippen LogP contribution in [0, 0.1) is 12.8 Å². The Hall–Kier alpha value is -1.41. The second-order valence-corrected chi connectivity index (χ2v) is 10.1. The maximum Gasteiger partial charge on any atom is 0.252 e. The van der Waals surface area contributed by atoms with E-state index in [-0.39, 0.29) is 5.24 Å². The van der Waals surface area contributed by atoms with E-state index in [9.17, 15) is 4.79 Å². The minimum atomic E-state index is -0.369. The smallest absolute Gasteiger partial charge is 0.252 e. The van der Waals surface area contributed by atoms with Gasteiger partial charge in [0.15, 0.2) is 0 Å². The van der Waals surface area contributed by atoms with Gasteiger partial charge in [0.1, 0.15) is 0 Å². The number of thioether (sulfide) groups is 1. The number of aryl methyl sites for hydroxylation is 1. The van der Waals surface area contributed by atoms with Crippen molar-refractivity contribution in [2.75, 3.05) is 51.6 Å². The molecule has 1 aliphatic carbocycles. The van der Waals surface area contributed by atoms with E-state index in [1.54, 1.807) is 0 Å². The lowest BCUT2D eigenvalue weighted by Crippen LogP contribution is -2.44. The van der Waals surface area contributed by atoms with Crippen LogP contribution in [0.1, 0.15) is 35.8 Å². The normalized spacial score (nSPS) is 24.9. The number of hydrogen-bond acceptors (Lipinski definition) is 7. The maximum atomic E-state index is 11.5. The molecule has 3 heterocycles. The first kappa shape index (κ1) is 21.8. The van der Waals surface area contributed by atoms with Crippen molar-refractivity contribution < 1.29 is 4.79 Å². The quantitative estimate of drug-likeness (QED) is 0.506. The van der Waals surface area contributed by atoms with Crippen LogP contribution in [0.4, 0.5) is 5.95 Å². The number of allylic oxidation sites excluding steroid dienone is 4. The number of halogens is 1. The molecule has 162 valence electrons. The van der Waals surface area contributed by atoms with Gasteiger partial charge in [0.2, 0.25) is 5.95 Å². The van der Waals surface area contributed by atoms with Gasteiger partial charge < -0.3 is 15.1 Å². The Morgan fingerprint density at radius 2 is 2.13 bits per heavy atom. The standard InChI is InChI=1S/C22H30ClN5OS/c1-15-14-25-22(24-6-3-7-28-10-8-27(2)9-11-28)26-20(15)19-12-16-4-5-17(21(23)29)13-18(16)30-19/h5,13-14,16,19H,3-4,6-12H2,1-2H3,(H,24,25,26). The minimum Gasteiger partial charge on any atom is -0.354 e. The summed E-state index contributed by atoms with van der Waals surface area (Å²) in [6.45, 7) is 8.70. The molecular weight excluding hydrogens is 418 g/mol. The number of nitrogens with one attached hydrogen (secondary N) is 1. The molecule has 2 atom stereocenters. The van der Waals surface area contributed by atoms with E-state index in [1.165, 1.54) is 4.91 Å². The molecule has 1 aromatic heterocycles. The second-order valence-electron chi connectivity index (χ2n) is 8.44. The molecule has 6 nitrogen and oxygen atoms in total. The third kappa shape index (κ3) is 5.25. The molecule has 2 aliphatic heterocycles. The number of fused-ring (bicyclic) bond motifs is 1. The summed E-state index contributed by atoms with van der Waals surface area (Å²) >= 11 is 7.49. The molecule has 1 aromatic rings. The van der Waals surface area contributed by atoms with Crippen LogP contribution in [-0.2, 0) is 4.79 Å². The van der Waals surface area contributed by atoms with Gasteiger partial charge in [-0.1, -0.05) is 6.08 Å². The van der Waals surface area contributed by atoms with Crippen molar-refractivity contribution in [3.8, 4) is 0 Å². The SMILES string of the molecule is Cc1cnc(NCCCN2CCN(C)CC2)nc1C1CC2CC=C(C(=O)Cl)C=C2S1. The van der Waals surface area contributed by atoms with E-state index in [0.29, 0.717) is 22.7 Å². The molecule has 0 aromatic carbocycles. The molecule has 4 rings (SSSR count). The van der Waals surface area contributed by atoms with E-state index in [4.69, 9.17) is 16.6 Å². The molecule has 0 saturated carbocycles. The molecular formula is C22H30ClN5OS. The first-order valence-corrected chi connectivity index (χ1v) is 12.0. The summed E-state index contributed by atoms with van der Waals surface area (Å²) in [7, 11) is 2.19. The van der Waals surface area contributed by atoms with Crippen molar-refractivity contribution in [3.63, 3.8) is 0 Å². The molecule has 0 spiro atoms. The lowest BCUT2D eigenvalue weighted by molar-refractivity contribution is -0.108. The van der Waals surface area contributed by atoms with Gasteiger partial charge in [-0.05, 0) is 73.8 Å². The molecule has 3 aliphatic rings. The van der Waals surface area contributed by atoms with Gasteiger partial charge in [-0.15, -0.1) is 11.8 Å². The predicted molar refractivity (Wildman–Crippen MR) is 124 cm³/mol. The summed E-state index contributed by atoms with van der Waals surface area (Å²) in [6.07, 6.45) is 8.86. The van der Waals surface area contributed by atoms with E-state index in [0.717, 1.165) is 69.8 Å². The molecule has 1 N–H and O–H groups in total. The highest BCUT2D eigenvalue weighted by Crippen LogP contribution is 2.53. The number of piperazine rings is 1. The Bertz CT molecular complexity index is 850. The van der Waals surface area contributed by atoms with Crippen LogP contribution >= 0.6 is 23.4 Å². The summed E-state index contributed by atoms with van der Waals surface area (Å²) in [5.41, 5.74) is 2.85. The van der Waals surface area contributed by atoms with Crippen molar-refractivity contribution in [1.82, 2.24) is 19.8 Å². The number of nitrogens with zero attached hydrogens (tertiary/aromatic N) is 4. The van der Waals surface area contributed by atoms with Crippen molar-refractivity contribution in [3.05, 3.63) is 40.1 Å². The molecule has 2 fully saturated rings. The van der Waals surface area contributed by atoms with Crippen molar-refractivity contribution in [2.24, 2.45) is 5.92 Å². The summed E-state index contributed by atoms with van der Waals surface area (Å²) in [6, 6.07) is 0. The lowest BCUT2D eigenvalue weighted by atomic mass is 9.92. The topological polar surface area (TPSA) is 61.4 Å². The number of carbonyl (C=O) groups excluding carboxylic acids is 1. The number of carbonyl (C=O) groups is 1. The van der Waals surface area contributed by atoms with Crippen LogP contribution < -0.4 is 5.32 Å². The molecule has 2 saturated heterocycles. The van der Waals surface area contributed by atoms with Gasteiger partial charge in [-0.2, -0.15) is 0 Å². The van der Waals surface area contributed by atoms with E-state index in [1.807, 2.05) is 30.1 Å². The highest BCUT2D eigenvalue weighted by Gasteiger charge is 2.34. The molecule has 30 heavy (non-hydrogen) atoms. The van der Waals surface area contributed by atoms with E-state index >= 15 is 0 Å². The van der Waals surface area contributed by atoms with Gasteiger partial charge in [0, 0.05) is 44.5 Å². The molecule has 8 heteroatoms. The minimum absolute atomic E-state index is 0.299. The summed E-state index contributed by atoms with van der Waals surface area (Å²) in [4.78, 5) is 27.0. The predicted octanol–water partition coefficient (Wildman–Crippen LogP) is 3.61. The Morgan fingerprint density at radius 1 is 1.33 bits per heavy atom. The van der Waals surface area contributed by atoms with Gasteiger partial charge in [-0.25, -0.2) is 9.97 Å². The average Bonchev–Trinajstić information content (AvgIpc) is 3.16. The number of aromatic nitrogens is 2. The molecule has 2 unspecified atom stereocenters. The van der Waals surface area contributed by atoms with Crippen LogP contribution in [0.15, 0.2) is 28.8 Å². The Balaban J connectivity index is 1.32. The summed E-state index contributed by atoms with van der Waals surface area (Å²) < 4.78 is 0. The van der Waals surface area contributed by atoms with Crippen LogP contribution in [0.25, 0.3) is 0 Å². The molecule has 0 amide bonds. The fourth-order valence-corrected chi connectivity index (χ4v) is 5.99. The average molecular weight is 448 g/mol. The van der Waals surface area contributed by atoms with Crippen LogP contribution in [-0.4, -0.2) is 71.3 Å². The fourth-order valence-electron chi connectivity index (χ4n) is 4.27. The van der Waals surface area contributed by atoms with Gasteiger partial charge in [-0.3, -0.25) is 4.79 Å². The summed E-state index contributed by atoms with van der Waals surface area (Å²) in [5.74, 6) is 1.18. The first-order chi connectivity index (χ1) is 14.5. The van der Waals surface area contributed by atoms with Crippen molar-refractivity contribution in [1.29, 1.82) is 0 Å². The Labute approximate surface area is 188 Å². The number of rotatable bonds is 7. The number of anilines is 1. The van der Waals surface area contributed by atoms with Crippen LogP contribution in [0.2, 0.25) is 0 Å². The highest BCUT2D eigenvalue weighted by molar-refractivity contribution is 8.03. The number of hydrogen-bond donors (Lipinski definition) is 1. The second kappa shape index (κ2) is 9.81. The van der Waals surface area contributed by atoms with Crippen molar-refractivity contribution in [2.45, 2.75) is 31.4 Å². The zero-order valence-corrected chi connectivity index (χ0v) is 19.3.